The first-order valence-electron chi connectivity index (χ1n) is 27.1. The van der Waals surface area contributed by atoms with E-state index in [1.165, 1.54) is 111 Å². The summed E-state index contributed by atoms with van der Waals surface area (Å²) in [6.45, 7) is 35.2. The van der Waals surface area contributed by atoms with E-state index in [1.54, 1.807) is 0 Å². The minimum absolute atomic E-state index is 0.0160. The van der Waals surface area contributed by atoms with Crippen molar-refractivity contribution in [3.63, 3.8) is 0 Å². The molecule has 2 heteroatoms. The van der Waals surface area contributed by atoms with Crippen molar-refractivity contribution in [1.82, 2.24) is 0 Å². The molecule has 1 nitrogen and oxygen atoms in total. The fraction of sp³-hybridized carbons (Fsp3) is 0.324. The van der Waals surface area contributed by atoms with Crippen molar-refractivity contribution in [3.05, 3.63) is 214 Å². The van der Waals surface area contributed by atoms with E-state index in [-0.39, 0.29) is 39.7 Å². The van der Waals surface area contributed by atoms with Crippen molar-refractivity contribution in [2.24, 2.45) is 0 Å². The van der Waals surface area contributed by atoms with Crippen LogP contribution in [0.25, 0.3) is 33.4 Å². The quantitative estimate of drug-likeness (QED) is 0.150. The second-order valence-corrected chi connectivity index (χ2v) is 26.8. The van der Waals surface area contributed by atoms with E-state index in [0.717, 1.165) is 12.8 Å². The third-order valence-corrected chi connectivity index (χ3v) is 16.2. The number of rotatable bonds is 6. The largest absolute Gasteiger partial charge is 0.311 e. The average Bonchev–Trinajstić information content (AvgIpc) is 3.47. The maximum absolute atomic E-state index is 2.69. The first-order valence-corrected chi connectivity index (χ1v) is 27.1. The topological polar surface area (TPSA) is 3.24 Å². The summed E-state index contributed by atoms with van der Waals surface area (Å²) in [6.07, 6.45) is 1.90. The highest BCUT2D eigenvalue weighted by Crippen LogP contribution is 2.48. The van der Waals surface area contributed by atoms with Gasteiger partial charge in [0.15, 0.2) is 0 Å². The van der Waals surface area contributed by atoms with Crippen molar-refractivity contribution in [2.75, 3.05) is 4.90 Å². The average molecular weight is 956 g/mol. The van der Waals surface area contributed by atoms with Gasteiger partial charge in [-0.3, -0.25) is 0 Å². The molecule has 0 saturated heterocycles. The van der Waals surface area contributed by atoms with Crippen LogP contribution in [0.15, 0.2) is 170 Å². The maximum Gasteiger partial charge on any atom is 0.247 e. The molecule has 0 saturated carbocycles. The van der Waals surface area contributed by atoms with Gasteiger partial charge in [-0.25, -0.2) is 0 Å². The van der Waals surface area contributed by atoms with Crippen LogP contribution in [0.3, 0.4) is 0 Å². The summed E-state index contributed by atoms with van der Waals surface area (Å²) in [5.74, 6) is 0.220. The summed E-state index contributed by atoms with van der Waals surface area (Å²) in [5.41, 5.74) is 26.6. The number of nitrogens with zero attached hydrogens (tertiary/aromatic N) is 1. The Morgan fingerprint density at radius 3 is 1.47 bits per heavy atom. The molecular formula is C71H78BN. The molecule has 0 N–H and O–H groups in total. The predicted molar refractivity (Wildman–Crippen MR) is 319 cm³/mol. The van der Waals surface area contributed by atoms with E-state index in [1.807, 2.05) is 0 Å². The molecule has 73 heavy (non-hydrogen) atoms. The number of benzene rings is 8. The Labute approximate surface area is 440 Å². The van der Waals surface area contributed by atoms with Crippen LogP contribution in [0, 0.1) is 0 Å². The van der Waals surface area contributed by atoms with Gasteiger partial charge in [0.1, 0.15) is 0 Å². The van der Waals surface area contributed by atoms with Gasteiger partial charge in [-0.05, 0) is 154 Å². The van der Waals surface area contributed by atoms with Gasteiger partial charge in [0.2, 0.25) is 6.71 Å². The predicted octanol–water partition coefficient (Wildman–Crippen LogP) is 17.4. The van der Waals surface area contributed by atoms with Crippen LogP contribution in [-0.2, 0) is 39.9 Å². The summed E-state index contributed by atoms with van der Waals surface area (Å²) < 4.78 is 0. The van der Waals surface area contributed by atoms with E-state index in [9.17, 15) is 0 Å². The second kappa shape index (κ2) is 18.2. The summed E-state index contributed by atoms with van der Waals surface area (Å²) in [4.78, 5) is 2.69. The Morgan fingerprint density at radius 1 is 0.384 bits per heavy atom. The normalized spacial score (nSPS) is 14.9. The van der Waals surface area contributed by atoms with Crippen LogP contribution in [0.4, 0.5) is 17.1 Å². The lowest BCUT2D eigenvalue weighted by atomic mass is 9.33. The van der Waals surface area contributed by atoms with Gasteiger partial charge in [0, 0.05) is 16.9 Å². The molecular weight excluding hydrogens is 878 g/mol. The molecule has 2 heterocycles. The molecule has 1 atom stereocenters. The van der Waals surface area contributed by atoms with Gasteiger partial charge < -0.3 is 4.90 Å². The van der Waals surface area contributed by atoms with Crippen molar-refractivity contribution in [1.29, 1.82) is 0 Å². The van der Waals surface area contributed by atoms with Crippen molar-refractivity contribution >= 4 is 40.2 Å². The van der Waals surface area contributed by atoms with Crippen molar-refractivity contribution in [3.8, 4) is 33.4 Å². The highest BCUT2D eigenvalue weighted by molar-refractivity contribution is 6.98. The smallest absolute Gasteiger partial charge is 0.247 e. The highest BCUT2D eigenvalue weighted by atomic mass is 15.2. The van der Waals surface area contributed by atoms with Crippen LogP contribution in [0.1, 0.15) is 154 Å². The molecule has 0 radical (unpaired) electrons. The van der Waals surface area contributed by atoms with Gasteiger partial charge in [-0.2, -0.15) is 0 Å². The SMILES string of the molecule is CC(C)(C)c1ccc(CC2Cc3ccc(C(C)(C)C)cc3B3c4cc(C(C)(C)C)ccc4N(c4ccc(C(C)(C)C)cc4-c4ccc(C(C)(C)C)cc4)c4cc(-c5cccc(-c6ccccc6)c5)cc2c43)cc1. The standard InChI is InChI=1S/C71H78BN/c1-67(2,3)54-29-24-46(25-30-54)38-53-40-51-28-33-57(70(10,11)12)44-61(51)72-62-45-58(71(13,14)15)35-37-64(62)73(63-36-34-56(69(7,8)9)43-59(63)48-26-31-55(32-27-48)68(4,5)6)65-42-52(41-60(53)66(65)72)50-23-19-22-49(39-50)47-20-17-16-18-21-47/h16-37,39,41-45,53H,38,40H2,1-15H3. The van der Waals surface area contributed by atoms with E-state index in [0.29, 0.717) is 0 Å². The molecule has 0 aromatic heterocycles. The Kier molecular flexibility index (Phi) is 12.5. The Morgan fingerprint density at radius 2 is 0.877 bits per heavy atom. The number of hydrogen-bond acceptors (Lipinski definition) is 1. The lowest BCUT2D eigenvalue weighted by Crippen LogP contribution is -2.59. The molecule has 0 aliphatic carbocycles. The lowest BCUT2D eigenvalue weighted by molar-refractivity contribution is 0.589. The van der Waals surface area contributed by atoms with Gasteiger partial charge >= 0.3 is 0 Å². The van der Waals surface area contributed by atoms with E-state index in [2.05, 4.69) is 279 Å². The second-order valence-electron chi connectivity index (χ2n) is 26.8. The molecule has 0 fully saturated rings. The van der Waals surface area contributed by atoms with Crippen LogP contribution >= 0.6 is 0 Å². The molecule has 10 rings (SSSR count). The highest BCUT2D eigenvalue weighted by Gasteiger charge is 2.43. The molecule has 2 aliphatic heterocycles. The maximum atomic E-state index is 2.69. The fourth-order valence-electron chi connectivity index (χ4n) is 11.6. The molecule has 0 amide bonds. The van der Waals surface area contributed by atoms with E-state index < -0.39 is 0 Å². The zero-order chi connectivity index (χ0) is 52.0. The van der Waals surface area contributed by atoms with Gasteiger partial charge in [-0.1, -0.05) is 254 Å². The molecule has 8 aromatic carbocycles. The summed E-state index contributed by atoms with van der Waals surface area (Å²) in [5, 5.41) is 0. The van der Waals surface area contributed by atoms with Gasteiger partial charge in [-0.15, -0.1) is 0 Å². The number of anilines is 3. The lowest BCUT2D eigenvalue weighted by Gasteiger charge is -2.41. The fourth-order valence-corrected chi connectivity index (χ4v) is 11.6. The Bertz CT molecular complexity index is 3340. The van der Waals surface area contributed by atoms with E-state index in [4.69, 9.17) is 0 Å². The van der Waals surface area contributed by atoms with Crippen LogP contribution in [0.2, 0.25) is 0 Å². The Hall–Kier alpha value is -6.38. The van der Waals surface area contributed by atoms with Crippen LogP contribution in [-0.4, -0.2) is 6.71 Å². The van der Waals surface area contributed by atoms with E-state index >= 15 is 0 Å². The molecule has 370 valence electrons. The first-order chi connectivity index (χ1) is 34.3. The third-order valence-electron chi connectivity index (χ3n) is 16.2. The monoisotopic (exact) mass is 956 g/mol. The minimum atomic E-state index is -0.0481. The summed E-state index contributed by atoms with van der Waals surface area (Å²) in [7, 11) is 0. The van der Waals surface area contributed by atoms with Gasteiger partial charge in [0.05, 0.1) is 5.69 Å². The summed E-state index contributed by atoms with van der Waals surface area (Å²) in [6, 6.07) is 66.7. The zero-order valence-corrected chi connectivity index (χ0v) is 46.7. The molecule has 2 aliphatic rings. The van der Waals surface area contributed by atoms with Crippen LogP contribution in [0.5, 0.6) is 0 Å². The number of fused-ring (bicyclic) bond motifs is 4. The molecule has 8 aromatic rings. The Balaban J connectivity index is 1.33. The van der Waals surface area contributed by atoms with Crippen LogP contribution < -0.4 is 21.3 Å². The van der Waals surface area contributed by atoms with Crippen molar-refractivity contribution in [2.45, 2.75) is 150 Å². The molecule has 1 unspecified atom stereocenters. The zero-order valence-electron chi connectivity index (χ0n) is 46.7. The van der Waals surface area contributed by atoms with Gasteiger partial charge in [0.25, 0.3) is 0 Å². The van der Waals surface area contributed by atoms with Crippen molar-refractivity contribution < 1.29 is 0 Å². The first kappa shape index (κ1) is 50.2. The third kappa shape index (κ3) is 9.80. The summed E-state index contributed by atoms with van der Waals surface area (Å²) >= 11 is 0. The molecule has 0 bridgehead atoms. The molecule has 0 spiro atoms. The minimum Gasteiger partial charge on any atom is -0.311 e. The number of hydrogen-bond donors (Lipinski definition) is 0.